The van der Waals surface area contributed by atoms with Gasteiger partial charge in [0.1, 0.15) is 18.3 Å². The fourth-order valence-corrected chi connectivity index (χ4v) is 2.39. The molecule has 0 atom stereocenters. The molecular weight excluding hydrogens is 345 g/mol. The van der Waals surface area contributed by atoms with E-state index in [1.807, 2.05) is 0 Å². The standard InChI is InChI=1S/C15H14Cl2F2N4/c1-23(14-10(16)3-2-4-12(14)19)15(20)22-8-21-13-6-5-9(18)7-11(13)17/h2-7,21H,8H2,1H3,(H2,20,22). The number of halogens is 4. The first-order chi connectivity index (χ1) is 10.9. The number of nitrogens with one attached hydrogen (secondary N) is 1. The molecule has 4 nitrogen and oxygen atoms in total. The molecule has 0 aromatic heterocycles. The molecule has 8 heteroatoms. The summed E-state index contributed by atoms with van der Waals surface area (Å²) in [5.74, 6) is -0.882. The van der Waals surface area contributed by atoms with E-state index in [-0.39, 0.29) is 28.4 Å². The van der Waals surface area contributed by atoms with Crippen molar-refractivity contribution in [2.45, 2.75) is 0 Å². The number of hydrogen-bond acceptors (Lipinski definition) is 2. The number of nitrogens with zero attached hydrogens (tertiary/aromatic N) is 2. The highest BCUT2D eigenvalue weighted by molar-refractivity contribution is 6.34. The van der Waals surface area contributed by atoms with Crippen molar-refractivity contribution >= 4 is 40.5 Å². The zero-order valence-corrected chi connectivity index (χ0v) is 13.7. The molecule has 23 heavy (non-hydrogen) atoms. The zero-order chi connectivity index (χ0) is 17.0. The third kappa shape index (κ3) is 4.24. The largest absolute Gasteiger partial charge is 0.369 e. The van der Waals surface area contributed by atoms with Crippen molar-refractivity contribution in [3.63, 3.8) is 0 Å². The maximum Gasteiger partial charge on any atom is 0.197 e. The minimum Gasteiger partial charge on any atom is -0.369 e. The number of para-hydroxylation sites is 1. The van der Waals surface area contributed by atoms with Gasteiger partial charge < -0.3 is 16.0 Å². The molecule has 3 N–H and O–H groups in total. The number of aliphatic imine (C=N–C) groups is 1. The lowest BCUT2D eigenvalue weighted by atomic mass is 10.3. The Balaban J connectivity index is 2.07. The van der Waals surface area contributed by atoms with E-state index < -0.39 is 11.6 Å². The summed E-state index contributed by atoms with van der Waals surface area (Å²) in [6.45, 7) is 0.0770. The summed E-state index contributed by atoms with van der Waals surface area (Å²) >= 11 is 11.9. The second kappa shape index (κ2) is 7.48. The van der Waals surface area contributed by atoms with Crippen LogP contribution in [0, 0.1) is 11.6 Å². The molecule has 0 heterocycles. The van der Waals surface area contributed by atoms with Crippen LogP contribution in [-0.2, 0) is 0 Å². The van der Waals surface area contributed by atoms with Crippen molar-refractivity contribution in [2.75, 3.05) is 23.9 Å². The molecule has 0 spiro atoms. The fraction of sp³-hybridized carbons (Fsp3) is 0.133. The average Bonchev–Trinajstić information content (AvgIpc) is 2.49. The average molecular weight is 359 g/mol. The van der Waals surface area contributed by atoms with E-state index in [0.29, 0.717) is 5.69 Å². The monoisotopic (exact) mass is 358 g/mol. The van der Waals surface area contributed by atoms with Gasteiger partial charge in [-0.3, -0.25) is 0 Å². The SMILES string of the molecule is CN(C(N)=NCNc1ccc(F)cc1Cl)c1c(F)cccc1Cl. The molecule has 0 fully saturated rings. The second-order valence-corrected chi connectivity index (χ2v) is 5.42. The lowest BCUT2D eigenvalue weighted by Crippen LogP contribution is -2.35. The predicted octanol–water partition coefficient (Wildman–Crippen LogP) is 4.09. The van der Waals surface area contributed by atoms with Gasteiger partial charge in [0.15, 0.2) is 5.96 Å². The molecule has 0 aliphatic carbocycles. The van der Waals surface area contributed by atoms with Crippen LogP contribution in [0.3, 0.4) is 0 Å². The van der Waals surface area contributed by atoms with Crippen LogP contribution in [0.25, 0.3) is 0 Å². The Hall–Kier alpha value is -2.05. The zero-order valence-electron chi connectivity index (χ0n) is 12.2. The Morgan fingerprint density at radius 1 is 1.22 bits per heavy atom. The molecule has 0 radical (unpaired) electrons. The molecule has 0 aliphatic rings. The number of benzene rings is 2. The van der Waals surface area contributed by atoms with Crippen molar-refractivity contribution < 1.29 is 8.78 Å². The molecule has 2 aromatic rings. The first kappa shape index (κ1) is 17.3. The number of hydrogen-bond donors (Lipinski definition) is 2. The first-order valence-electron chi connectivity index (χ1n) is 6.56. The summed E-state index contributed by atoms with van der Waals surface area (Å²) in [5.41, 5.74) is 6.48. The number of nitrogens with two attached hydrogens (primary N) is 1. The quantitative estimate of drug-likeness (QED) is 0.639. The normalized spacial score (nSPS) is 11.4. The Kier molecular flexibility index (Phi) is 5.63. The minimum atomic E-state index is -0.507. The van der Waals surface area contributed by atoms with Gasteiger partial charge in [-0.1, -0.05) is 29.3 Å². The van der Waals surface area contributed by atoms with E-state index in [9.17, 15) is 8.78 Å². The summed E-state index contributed by atoms with van der Waals surface area (Å²) in [7, 11) is 1.55. The third-order valence-electron chi connectivity index (χ3n) is 3.06. The maximum absolute atomic E-state index is 13.8. The van der Waals surface area contributed by atoms with E-state index in [4.69, 9.17) is 28.9 Å². The first-order valence-corrected chi connectivity index (χ1v) is 7.32. The molecule has 0 saturated carbocycles. The lowest BCUT2D eigenvalue weighted by molar-refractivity contribution is 0.628. The van der Waals surface area contributed by atoms with Crippen LogP contribution in [0.5, 0.6) is 0 Å². The van der Waals surface area contributed by atoms with Crippen molar-refractivity contribution in [1.82, 2.24) is 0 Å². The van der Waals surface area contributed by atoms with Crippen molar-refractivity contribution in [2.24, 2.45) is 10.7 Å². The highest BCUT2D eigenvalue weighted by Crippen LogP contribution is 2.27. The van der Waals surface area contributed by atoms with Crippen molar-refractivity contribution in [3.05, 3.63) is 58.1 Å². The molecule has 122 valence electrons. The maximum atomic E-state index is 13.8. The van der Waals surface area contributed by atoms with Crippen LogP contribution in [0.1, 0.15) is 0 Å². The highest BCUT2D eigenvalue weighted by Gasteiger charge is 2.14. The Morgan fingerprint density at radius 3 is 2.61 bits per heavy atom. The van der Waals surface area contributed by atoms with Gasteiger partial charge in [0.2, 0.25) is 0 Å². The van der Waals surface area contributed by atoms with Crippen LogP contribution in [0.4, 0.5) is 20.2 Å². The summed E-state index contributed by atoms with van der Waals surface area (Å²) in [6, 6.07) is 8.28. The molecule has 0 amide bonds. The van der Waals surface area contributed by atoms with E-state index in [1.165, 1.54) is 35.2 Å². The lowest BCUT2D eigenvalue weighted by Gasteiger charge is -2.20. The second-order valence-electron chi connectivity index (χ2n) is 4.60. The van der Waals surface area contributed by atoms with E-state index >= 15 is 0 Å². The number of anilines is 2. The van der Waals surface area contributed by atoms with E-state index in [0.717, 1.165) is 0 Å². The summed E-state index contributed by atoms with van der Waals surface area (Å²) in [5, 5.41) is 3.34. The topological polar surface area (TPSA) is 53.6 Å². The van der Waals surface area contributed by atoms with Crippen LogP contribution in [0.2, 0.25) is 10.0 Å². The van der Waals surface area contributed by atoms with Crippen LogP contribution < -0.4 is 16.0 Å². The molecule has 0 aliphatic heterocycles. The van der Waals surface area contributed by atoms with Crippen molar-refractivity contribution in [3.8, 4) is 0 Å². The molecule has 0 saturated heterocycles. The summed E-state index contributed by atoms with van der Waals surface area (Å²) in [6.07, 6.45) is 0. The van der Waals surface area contributed by atoms with Gasteiger partial charge in [-0.15, -0.1) is 0 Å². The third-order valence-corrected chi connectivity index (χ3v) is 3.68. The number of rotatable bonds is 4. The fourth-order valence-electron chi connectivity index (χ4n) is 1.87. The predicted molar refractivity (Wildman–Crippen MR) is 91.3 cm³/mol. The van der Waals surface area contributed by atoms with Gasteiger partial charge in [-0.2, -0.15) is 0 Å². The highest BCUT2D eigenvalue weighted by atomic mass is 35.5. The summed E-state index contributed by atoms with van der Waals surface area (Å²) < 4.78 is 26.8. The van der Waals surface area contributed by atoms with Gasteiger partial charge in [-0.25, -0.2) is 13.8 Å². The number of guanidine groups is 1. The molecule has 0 bridgehead atoms. The van der Waals surface area contributed by atoms with Crippen molar-refractivity contribution in [1.29, 1.82) is 0 Å². The van der Waals surface area contributed by atoms with E-state index in [2.05, 4.69) is 10.3 Å². The van der Waals surface area contributed by atoms with Crippen LogP contribution in [0.15, 0.2) is 41.4 Å². The van der Waals surface area contributed by atoms with Gasteiger partial charge in [0, 0.05) is 7.05 Å². The van der Waals surface area contributed by atoms with Gasteiger partial charge in [0.05, 0.1) is 21.4 Å². The van der Waals surface area contributed by atoms with Gasteiger partial charge >= 0.3 is 0 Å². The minimum absolute atomic E-state index is 0.0581. The molecule has 2 rings (SSSR count). The molecular formula is C15H14Cl2F2N4. The summed E-state index contributed by atoms with van der Waals surface area (Å²) in [4.78, 5) is 5.41. The Bertz CT molecular complexity index is 717. The van der Waals surface area contributed by atoms with Crippen LogP contribution >= 0.6 is 23.2 Å². The van der Waals surface area contributed by atoms with E-state index in [1.54, 1.807) is 13.1 Å². The van der Waals surface area contributed by atoms with Gasteiger partial charge in [0.25, 0.3) is 0 Å². The Morgan fingerprint density at radius 2 is 1.96 bits per heavy atom. The van der Waals surface area contributed by atoms with Crippen LogP contribution in [-0.4, -0.2) is 19.7 Å². The molecule has 0 unspecified atom stereocenters. The Labute approximate surface area is 142 Å². The van der Waals surface area contributed by atoms with Gasteiger partial charge in [-0.05, 0) is 30.3 Å². The smallest absolute Gasteiger partial charge is 0.197 e. The molecule has 2 aromatic carbocycles.